The van der Waals surface area contributed by atoms with Gasteiger partial charge in [-0.25, -0.2) is 4.98 Å². The lowest BCUT2D eigenvalue weighted by atomic mass is 9.94. The lowest BCUT2D eigenvalue weighted by Crippen LogP contribution is -2.17. The lowest BCUT2D eigenvalue weighted by molar-refractivity contribution is -0.383. The van der Waals surface area contributed by atoms with Crippen LogP contribution in [-0.2, 0) is 0 Å². The molecule has 0 saturated carbocycles. The topological polar surface area (TPSA) is 99.1 Å². The predicted octanol–water partition coefficient (Wildman–Crippen LogP) is 3.73. The van der Waals surface area contributed by atoms with E-state index >= 15 is 0 Å². The molecule has 0 aliphatic carbocycles. The van der Waals surface area contributed by atoms with Crippen molar-refractivity contribution in [1.29, 1.82) is 0 Å². The van der Waals surface area contributed by atoms with E-state index in [2.05, 4.69) is 4.98 Å². The Morgan fingerprint density at radius 2 is 1.52 bits per heavy atom. The first-order valence-corrected chi connectivity index (χ1v) is 7.60. The second-order valence-electron chi connectivity index (χ2n) is 5.50. The number of aryl methyl sites for hydroxylation is 1. The number of nitro groups is 1. The maximum absolute atomic E-state index is 12.0. The minimum atomic E-state index is -0.744. The fourth-order valence-electron chi connectivity index (χ4n) is 2.86. The molecule has 6 nitrogen and oxygen atoms in total. The van der Waals surface area contributed by atoms with Crippen LogP contribution in [0.5, 0.6) is 0 Å². The van der Waals surface area contributed by atoms with E-state index in [1.807, 2.05) is 6.07 Å². The molecule has 25 heavy (non-hydrogen) atoms. The van der Waals surface area contributed by atoms with Crippen molar-refractivity contribution >= 4 is 11.6 Å². The zero-order valence-electron chi connectivity index (χ0n) is 13.5. The highest BCUT2D eigenvalue weighted by Crippen LogP contribution is 2.40. The standard InChI is InChI=1S/C19H15N3O3/c1-12-15(19(20)23)16(13-8-4-2-5-9-13)18(22(24)25)17(21-12)14-10-6-3-7-11-14/h2-11H,1H3,(H2,20,23). The Hall–Kier alpha value is -3.54. The Bertz CT molecular complexity index is 955. The molecular weight excluding hydrogens is 318 g/mol. The lowest BCUT2D eigenvalue weighted by Gasteiger charge is -2.14. The number of nitrogens with two attached hydrogens (primary N) is 1. The van der Waals surface area contributed by atoms with Crippen molar-refractivity contribution in [3.8, 4) is 22.4 Å². The predicted molar refractivity (Wildman–Crippen MR) is 95.0 cm³/mol. The minimum absolute atomic E-state index is 0.0672. The van der Waals surface area contributed by atoms with Crippen molar-refractivity contribution in [3.63, 3.8) is 0 Å². The zero-order valence-corrected chi connectivity index (χ0v) is 13.5. The number of hydrogen-bond donors (Lipinski definition) is 1. The van der Waals surface area contributed by atoms with Gasteiger partial charge in [0, 0.05) is 5.56 Å². The van der Waals surface area contributed by atoms with Crippen molar-refractivity contribution in [2.45, 2.75) is 6.92 Å². The van der Waals surface area contributed by atoms with Crippen LogP contribution in [0.1, 0.15) is 16.1 Å². The third-order valence-corrected chi connectivity index (χ3v) is 3.89. The number of aromatic nitrogens is 1. The first-order valence-electron chi connectivity index (χ1n) is 7.60. The van der Waals surface area contributed by atoms with Crippen LogP contribution < -0.4 is 5.73 Å². The van der Waals surface area contributed by atoms with Crippen LogP contribution in [0.25, 0.3) is 22.4 Å². The summed E-state index contributed by atoms with van der Waals surface area (Å²) in [5, 5.41) is 11.9. The van der Waals surface area contributed by atoms with E-state index in [-0.39, 0.29) is 22.5 Å². The smallest absolute Gasteiger partial charge is 0.304 e. The van der Waals surface area contributed by atoms with Crippen LogP contribution in [0.2, 0.25) is 0 Å². The number of pyridine rings is 1. The molecule has 124 valence electrons. The van der Waals surface area contributed by atoms with Gasteiger partial charge in [-0.3, -0.25) is 14.9 Å². The summed E-state index contributed by atoms with van der Waals surface area (Å²) in [6.07, 6.45) is 0. The molecule has 0 aliphatic heterocycles. The van der Waals surface area contributed by atoms with Gasteiger partial charge < -0.3 is 5.73 Å². The molecule has 0 fully saturated rings. The van der Waals surface area contributed by atoms with E-state index in [0.29, 0.717) is 16.8 Å². The van der Waals surface area contributed by atoms with Gasteiger partial charge in [-0.2, -0.15) is 0 Å². The van der Waals surface area contributed by atoms with Crippen molar-refractivity contribution in [3.05, 3.63) is 82.0 Å². The molecule has 2 aromatic carbocycles. The van der Waals surface area contributed by atoms with Crippen molar-refractivity contribution in [2.75, 3.05) is 0 Å². The van der Waals surface area contributed by atoms with E-state index < -0.39 is 10.8 Å². The van der Waals surface area contributed by atoms with Crippen molar-refractivity contribution < 1.29 is 9.72 Å². The average Bonchev–Trinajstić information content (AvgIpc) is 2.61. The van der Waals surface area contributed by atoms with Crippen LogP contribution in [0.15, 0.2) is 60.7 Å². The third-order valence-electron chi connectivity index (χ3n) is 3.89. The first kappa shape index (κ1) is 16.3. The monoisotopic (exact) mass is 333 g/mol. The molecule has 0 atom stereocenters. The summed E-state index contributed by atoms with van der Waals surface area (Å²) in [6.45, 7) is 1.63. The van der Waals surface area contributed by atoms with Gasteiger partial charge in [0.15, 0.2) is 0 Å². The number of carbonyl (C=O) groups excluding carboxylic acids is 1. The highest BCUT2D eigenvalue weighted by atomic mass is 16.6. The van der Waals surface area contributed by atoms with Crippen molar-refractivity contribution in [1.82, 2.24) is 4.98 Å². The SMILES string of the molecule is Cc1nc(-c2ccccc2)c([N+](=O)[O-])c(-c2ccccc2)c1C(N)=O. The Morgan fingerprint density at radius 1 is 1.00 bits per heavy atom. The second-order valence-corrected chi connectivity index (χ2v) is 5.50. The minimum Gasteiger partial charge on any atom is -0.366 e. The van der Waals surface area contributed by atoms with Gasteiger partial charge in [-0.05, 0) is 12.5 Å². The highest BCUT2D eigenvalue weighted by molar-refractivity contribution is 6.05. The van der Waals surface area contributed by atoms with Gasteiger partial charge in [0.05, 0.1) is 21.7 Å². The summed E-state index contributed by atoms with van der Waals surface area (Å²) >= 11 is 0. The molecule has 1 amide bonds. The molecular formula is C19H15N3O3. The summed E-state index contributed by atoms with van der Waals surface area (Å²) in [5.74, 6) is -0.744. The number of primary amides is 1. The van der Waals surface area contributed by atoms with E-state index in [4.69, 9.17) is 5.73 Å². The summed E-state index contributed by atoms with van der Waals surface area (Å²) in [4.78, 5) is 27.7. The average molecular weight is 333 g/mol. The number of nitrogens with zero attached hydrogens (tertiary/aromatic N) is 2. The summed E-state index contributed by atoms with van der Waals surface area (Å²) in [5.41, 5.74) is 7.27. The largest absolute Gasteiger partial charge is 0.366 e. The zero-order chi connectivity index (χ0) is 18.0. The van der Waals surface area contributed by atoms with E-state index in [1.54, 1.807) is 61.5 Å². The van der Waals surface area contributed by atoms with Crippen LogP contribution in [0.4, 0.5) is 5.69 Å². The van der Waals surface area contributed by atoms with E-state index in [1.165, 1.54) is 0 Å². The van der Waals surface area contributed by atoms with E-state index in [9.17, 15) is 14.9 Å². The first-order chi connectivity index (χ1) is 12.0. The maximum Gasteiger partial charge on any atom is 0.304 e. The fourth-order valence-corrected chi connectivity index (χ4v) is 2.86. The second kappa shape index (κ2) is 6.52. The molecule has 0 radical (unpaired) electrons. The van der Waals surface area contributed by atoms with Gasteiger partial charge in [0.2, 0.25) is 0 Å². The molecule has 3 aromatic rings. The number of amides is 1. The van der Waals surface area contributed by atoms with Crippen LogP contribution in [-0.4, -0.2) is 15.8 Å². The fraction of sp³-hybridized carbons (Fsp3) is 0.0526. The molecule has 6 heteroatoms. The molecule has 0 spiro atoms. The number of rotatable bonds is 4. The Kier molecular flexibility index (Phi) is 4.26. The number of benzene rings is 2. The van der Waals surface area contributed by atoms with Crippen LogP contribution >= 0.6 is 0 Å². The molecule has 0 aliphatic rings. The summed E-state index contributed by atoms with van der Waals surface area (Å²) in [6, 6.07) is 17.6. The van der Waals surface area contributed by atoms with Gasteiger partial charge in [-0.1, -0.05) is 60.7 Å². The Balaban J connectivity index is 2.47. The summed E-state index contributed by atoms with van der Waals surface area (Å²) in [7, 11) is 0. The van der Waals surface area contributed by atoms with Gasteiger partial charge in [0.1, 0.15) is 5.69 Å². The highest BCUT2D eigenvalue weighted by Gasteiger charge is 2.30. The van der Waals surface area contributed by atoms with Crippen LogP contribution in [0, 0.1) is 17.0 Å². The summed E-state index contributed by atoms with van der Waals surface area (Å²) < 4.78 is 0. The molecule has 2 N–H and O–H groups in total. The molecule has 0 unspecified atom stereocenters. The Labute approximate surface area is 144 Å². The number of carbonyl (C=O) groups is 1. The molecule has 0 saturated heterocycles. The van der Waals surface area contributed by atoms with Gasteiger partial charge in [-0.15, -0.1) is 0 Å². The molecule has 1 heterocycles. The van der Waals surface area contributed by atoms with Gasteiger partial charge >= 0.3 is 5.69 Å². The molecule has 1 aromatic heterocycles. The molecule has 3 rings (SSSR count). The molecule has 0 bridgehead atoms. The maximum atomic E-state index is 12.0. The quantitative estimate of drug-likeness (QED) is 0.581. The van der Waals surface area contributed by atoms with Gasteiger partial charge in [0.25, 0.3) is 5.91 Å². The number of hydrogen-bond acceptors (Lipinski definition) is 4. The third kappa shape index (κ3) is 2.97. The Morgan fingerprint density at radius 3 is 2.00 bits per heavy atom. The van der Waals surface area contributed by atoms with Crippen molar-refractivity contribution in [2.24, 2.45) is 5.73 Å². The normalized spacial score (nSPS) is 10.4. The van der Waals surface area contributed by atoms with Crippen LogP contribution in [0.3, 0.4) is 0 Å². The van der Waals surface area contributed by atoms with E-state index in [0.717, 1.165) is 0 Å².